The van der Waals surface area contributed by atoms with Crippen molar-refractivity contribution in [2.75, 3.05) is 26.8 Å². The molecular formula is C15H21N5O3. The third-order valence-electron chi connectivity index (χ3n) is 4.75. The quantitative estimate of drug-likeness (QED) is 0.879. The van der Waals surface area contributed by atoms with Crippen LogP contribution in [0, 0.1) is 5.41 Å². The van der Waals surface area contributed by atoms with E-state index in [0.717, 1.165) is 0 Å². The zero-order valence-corrected chi connectivity index (χ0v) is 13.6. The summed E-state index contributed by atoms with van der Waals surface area (Å²) < 4.78 is 6.64. The topological polar surface area (TPSA) is 92.9 Å². The van der Waals surface area contributed by atoms with Crippen LogP contribution in [0.1, 0.15) is 30.6 Å². The standard InChI is InChI=1S/C15H21N5O3/c1-14(2)9-19(7-6-15(14,22)10-23-3)13(21)11-4-5-12-16-17-18-20(12)8-11/h4-5,8,22H,6-7,9-10H2,1-3H3/t15-/m1/s1. The molecule has 0 unspecified atom stereocenters. The van der Waals surface area contributed by atoms with Crippen molar-refractivity contribution >= 4 is 11.6 Å². The van der Waals surface area contributed by atoms with Gasteiger partial charge in [-0.3, -0.25) is 4.79 Å². The first-order chi connectivity index (χ1) is 10.9. The Morgan fingerprint density at radius 2 is 2.22 bits per heavy atom. The molecule has 124 valence electrons. The lowest BCUT2D eigenvalue weighted by molar-refractivity contribution is -0.144. The number of hydrogen-bond acceptors (Lipinski definition) is 6. The number of rotatable bonds is 3. The summed E-state index contributed by atoms with van der Waals surface area (Å²) in [5.74, 6) is -0.0880. The molecule has 1 atom stereocenters. The Morgan fingerprint density at radius 3 is 2.91 bits per heavy atom. The Kier molecular flexibility index (Phi) is 3.81. The van der Waals surface area contributed by atoms with Gasteiger partial charge in [0.2, 0.25) is 0 Å². The maximum absolute atomic E-state index is 12.8. The van der Waals surface area contributed by atoms with Gasteiger partial charge in [-0.25, -0.2) is 0 Å². The van der Waals surface area contributed by atoms with Crippen molar-refractivity contribution in [1.29, 1.82) is 0 Å². The summed E-state index contributed by atoms with van der Waals surface area (Å²) in [6.45, 7) is 5.11. The van der Waals surface area contributed by atoms with Crippen LogP contribution < -0.4 is 0 Å². The molecule has 0 aliphatic carbocycles. The van der Waals surface area contributed by atoms with Crippen molar-refractivity contribution in [1.82, 2.24) is 24.9 Å². The SMILES string of the molecule is COC[C@]1(O)CCN(C(=O)c2ccc3nnnn3c2)CC1(C)C. The third kappa shape index (κ3) is 2.68. The third-order valence-corrected chi connectivity index (χ3v) is 4.75. The van der Waals surface area contributed by atoms with Crippen molar-refractivity contribution in [2.24, 2.45) is 5.41 Å². The van der Waals surface area contributed by atoms with Gasteiger partial charge >= 0.3 is 0 Å². The van der Waals surface area contributed by atoms with Crippen molar-refractivity contribution < 1.29 is 14.6 Å². The number of carbonyl (C=O) groups is 1. The molecule has 1 amide bonds. The highest BCUT2D eigenvalue weighted by Crippen LogP contribution is 2.39. The van der Waals surface area contributed by atoms with Crippen molar-refractivity contribution in [2.45, 2.75) is 25.9 Å². The zero-order chi connectivity index (χ0) is 16.7. The smallest absolute Gasteiger partial charge is 0.255 e. The predicted octanol–water partition coefficient (Wildman–Crippen LogP) is 0.374. The normalized spacial score (nSPS) is 24.1. The molecule has 1 saturated heterocycles. The number of nitrogens with zero attached hydrogens (tertiary/aromatic N) is 5. The maximum atomic E-state index is 12.8. The lowest BCUT2D eigenvalue weighted by Crippen LogP contribution is -2.60. The maximum Gasteiger partial charge on any atom is 0.255 e. The van der Waals surface area contributed by atoms with E-state index in [-0.39, 0.29) is 12.5 Å². The first-order valence-electron chi connectivity index (χ1n) is 7.55. The van der Waals surface area contributed by atoms with E-state index in [0.29, 0.717) is 30.7 Å². The van der Waals surface area contributed by atoms with E-state index < -0.39 is 11.0 Å². The number of likely N-dealkylation sites (tertiary alicyclic amines) is 1. The van der Waals surface area contributed by atoms with Crippen LogP contribution in [0.25, 0.3) is 5.65 Å². The molecule has 0 saturated carbocycles. The first-order valence-corrected chi connectivity index (χ1v) is 7.55. The van der Waals surface area contributed by atoms with Gasteiger partial charge in [-0.1, -0.05) is 13.8 Å². The largest absolute Gasteiger partial charge is 0.387 e. The van der Waals surface area contributed by atoms with Crippen LogP contribution in [0.2, 0.25) is 0 Å². The zero-order valence-electron chi connectivity index (χ0n) is 13.6. The minimum absolute atomic E-state index is 0.0880. The Morgan fingerprint density at radius 1 is 1.43 bits per heavy atom. The van der Waals surface area contributed by atoms with Crippen molar-refractivity contribution in [3.63, 3.8) is 0 Å². The molecule has 1 fully saturated rings. The second kappa shape index (κ2) is 5.54. The Bertz CT molecular complexity index is 729. The van der Waals surface area contributed by atoms with Gasteiger partial charge in [0.1, 0.15) is 0 Å². The number of fused-ring (bicyclic) bond motifs is 1. The van der Waals surface area contributed by atoms with E-state index >= 15 is 0 Å². The molecule has 8 heteroatoms. The highest BCUT2D eigenvalue weighted by molar-refractivity contribution is 5.94. The van der Waals surface area contributed by atoms with Gasteiger partial charge in [0.15, 0.2) is 5.65 Å². The van der Waals surface area contributed by atoms with Crippen molar-refractivity contribution in [3.05, 3.63) is 23.9 Å². The number of ether oxygens (including phenoxy) is 1. The molecule has 1 aliphatic rings. The molecule has 2 aromatic heterocycles. The van der Waals surface area contributed by atoms with Crippen LogP contribution in [0.5, 0.6) is 0 Å². The number of hydrogen-bond donors (Lipinski definition) is 1. The fourth-order valence-electron chi connectivity index (χ4n) is 3.09. The molecule has 0 radical (unpaired) electrons. The van der Waals surface area contributed by atoms with E-state index in [1.807, 2.05) is 13.8 Å². The van der Waals surface area contributed by atoms with E-state index in [1.54, 1.807) is 30.3 Å². The summed E-state index contributed by atoms with van der Waals surface area (Å²) in [4.78, 5) is 14.5. The fraction of sp³-hybridized carbons (Fsp3) is 0.600. The van der Waals surface area contributed by atoms with Crippen LogP contribution in [0.4, 0.5) is 0 Å². The van der Waals surface area contributed by atoms with Crippen LogP contribution >= 0.6 is 0 Å². The first kappa shape index (κ1) is 15.8. The lowest BCUT2D eigenvalue weighted by Gasteiger charge is -2.49. The van der Waals surface area contributed by atoms with Crippen LogP contribution in [0.3, 0.4) is 0 Å². The van der Waals surface area contributed by atoms with Crippen molar-refractivity contribution in [3.8, 4) is 0 Å². The fourth-order valence-corrected chi connectivity index (χ4v) is 3.09. The second-order valence-corrected chi connectivity index (χ2v) is 6.72. The summed E-state index contributed by atoms with van der Waals surface area (Å²) in [6, 6.07) is 3.43. The molecule has 3 rings (SSSR count). The van der Waals surface area contributed by atoms with Gasteiger partial charge in [0.25, 0.3) is 5.91 Å². The summed E-state index contributed by atoms with van der Waals surface area (Å²) >= 11 is 0. The van der Waals surface area contributed by atoms with E-state index in [9.17, 15) is 9.90 Å². The van der Waals surface area contributed by atoms with Gasteiger partial charge in [0, 0.05) is 31.8 Å². The van der Waals surface area contributed by atoms with Gasteiger partial charge in [-0.2, -0.15) is 4.52 Å². The Balaban J connectivity index is 1.81. The molecular weight excluding hydrogens is 298 g/mol. The summed E-state index contributed by atoms with van der Waals surface area (Å²) in [5.41, 5.74) is -0.276. The minimum Gasteiger partial charge on any atom is -0.387 e. The molecule has 0 bridgehead atoms. The van der Waals surface area contributed by atoms with E-state index in [2.05, 4.69) is 15.5 Å². The number of aliphatic hydroxyl groups is 1. The van der Waals surface area contributed by atoms with Crippen LogP contribution in [-0.4, -0.2) is 68.4 Å². The highest BCUT2D eigenvalue weighted by Gasteiger charge is 2.48. The van der Waals surface area contributed by atoms with Crippen LogP contribution in [0.15, 0.2) is 18.3 Å². The monoisotopic (exact) mass is 319 g/mol. The molecule has 8 nitrogen and oxygen atoms in total. The van der Waals surface area contributed by atoms with E-state index in [1.165, 1.54) is 4.52 Å². The number of pyridine rings is 1. The highest BCUT2D eigenvalue weighted by atomic mass is 16.5. The van der Waals surface area contributed by atoms with Crippen LogP contribution in [-0.2, 0) is 4.74 Å². The predicted molar refractivity (Wildman–Crippen MR) is 81.9 cm³/mol. The number of methoxy groups -OCH3 is 1. The van der Waals surface area contributed by atoms with Gasteiger partial charge < -0.3 is 14.7 Å². The molecule has 23 heavy (non-hydrogen) atoms. The number of piperidine rings is 1. The molecule has 1 aliphatic heterocycles. The van der Waals surface area contributed by atoms with E-state index in [4.69, 9.17) is 4.74 Å². The number of amides is 1. The number of tetrazole rings is 1. The second-order valence-electron chi connectivity index (χ2n) is 6.72. The summed E-state index contributed by atoms with van der Waals surface area (Å²) in [7, 11) is 1.58. The molecule has 1 N–H and O–H groups in total. The average molecular weight is 319 g/mol. The molecule has 0 aromatic carbocycles. The molecule has 0 spiro atoms. The molecule has 2 aromatic rings. The Hall–Kier alpha value is -2.06. The minimum atomic E-state index is -0.932. The lowest BCUT2D eigenvalue weighted by atomic mass is 9.70. The number of carbonyl (C=O) groups excluding carboxylic acids is 1. The summed E-state index contributed by atoms with van der Waals surface area (Å²) in [6.07, 6.45) is 2.10. The average Bonchev–Trinajstić information content (AvgIpc) is 2.97. The summed E-state index contributed by atoms with van der Waals surface area (Å²) in [5, 5.41) is 22.0. The van der Waals surface area contributed by atoms with Gasteiger partial charge in [-0.05, 0) is 29.0 Å². The Labute approximate surface area is 134 Å². The number of aromatic nitrogens is 4. The van der Waals surface area contributed by atoms with Gasteiger partial charge in [0.05, 0.1) is 17.8 Å². The molecule has 3 heterocycles. The van der Waals surface area contributed by atoms with Gasteiger partial charge in [-0.15, -0.1) is 5.10 Å².